The number of esters is 1. The topological polar surface area (TPSA) is 55.7 Å². The highest BCUT2D eigenvalue weighted by molar-refractivity contribution is 7.13. The van der Waals surface area contributed by atoms with Crippen molar-refractivity contribution in [3.63, 3.8) is 0 Å². The van der Waals surface area contributed by atoms with Gasteiger partial charge in [0.25, 0.3) is 0 Å². The molecule has 86 valence electrons. The van der Waals surface area contributed by atoms with Crippen LogP contribution in [0.5, 0.6) is 0 Å². The van der Waals surface area contributed by atoms with Gasteiger partial charge in [-0.25, -0.2) is 4.99 Å². The Morgan fingerprint density at radius 1 is 1.62 bits per heavy atom. The maximum atomic E-state index is 11.4. The van der Waals surface area contributed by atoms with Crippen LogP contribution in [0.3, 0.4) is 0 Å². The molecule has 0 amide bonds. The molecule has 16 heavy (non-hydrogen) atoms. The quantitative estimate of drug-likeness (QED) is 0.449. The third-order valence-corrected chi connectivity index (χ3v) is 2.61. The number of rotatable bonds is 5. The first-order chi connectivity index (χ1) is 7.65. The lowest BCUT2D eigenvalue weighted by atomic mass is 10.1. The zero-order valence-electron chi connectivity index (χ0n) is 9.17. The van der Waals surface area contributed by atoms with Gasteiger partial charge < -0.3 is 4.74 Å². The predicted octanol–water partition coefficient (Wildman–Crippen LogP) is 2.22. The lowest BCUT2D eigenvalue weighted by Crippen LogP contribution is -2.25. The number of Topliss-reactive ketones (excluding diaryl/α,β-unsaturated/α-hetero) is 1. The number of thiophene rings is 1. The first-order valence-electron chi connectivity index (χ1n) is 4.90. The van der Waals surface area contributed by atoms with Crippen LogP contribution < -0.4 is 0 Å². The average molecular weight is 239 g/mol. The van der Waals surface area contributed by atoms with Crippen LogP contribution >= 0.6 is 11.3 Å². The van der Waals surface area contributed by atoms with E-state index in [0.717, 1.165) is 5.00 Å². The van der Waals surface area contributed by atoms with Crippen molar-refractivity contribution in [1.82, 2.24) is 0 Å². The molecule has 5 heteroatoms. The fourth-order valence-electron chi connectivity index (χ4n) is 1.06. The highest BCUT2D eigenvalue weighted by Crippen LogP contribution is 2.18. The van der Waals surface area contributed by atoms with E-state index >= 15 is 0 Å². The Bertz CT molecular complexity index is 384. The molecule has 0 radical (unpaired) electrons. The number of aliphatic imine (C=N–C) groups is 1. The molecule has 0 fully saturated rings. The summed E-state index contributed by atoms with van der Waals surface area (Å²) in [7, 11) is 0. The van der Waals surface area contributed by atoms with Gasteiger partial charge in [-0.15, -0.1) is 11.3 Å². The molecule has 1 aromatic rings. The third-order valence-electron chi connectivity index (χ3n) is 1.84. The van der Waals surface area contributed by atoms with E-state index in [2.05, 4.69) is 4.99 Å². The number of ether oxygens (including phenoxy) is 1. The molecule has 4 nitrogen and oxygen atoms in total. The van der Waals surface area contributed by atoms with E-state index < -0.39 is 11.9 Å². The van der Waals surface area contributed by atoms with Crippen LogP contribution in [0, 0.1) is 5.92 Å². The van der Waals surface area contributed by atoms with Crippen LogP contribution in [0.2, 0.25) is 0 Å². The van der Waals surface area contributed by atoms with Crippen molar-refractivity contribution < 1.29 is 14.3 Å². The van der Waals surface area contributed by atoms with Gasteiger partial charge in [0.15, 0.2) is 5.92 Å². The summed E-state index contributed by atoms with van der Waals surface area (Å²) < 4.78 is 4.79. The van der Waals surface area contributed by atoms with Crippen LogP contribution in [-0.4, -0.2) is 24.6 Å². The maximum absolute atomic E-state index is 11.4. The van der Waals surface area contributed by atoms with Crippen LogP contribution in [0.1, 0.15) is 13.8 Å². The second-order valence-corrected chi connectivity index (χ2v) is 4.00. The summed E-state index contributed by atoms with van der Waals surface area (Å²) in [6.07, 6.45) is 1.34. The number of nitrogens with zero attached hydrogens (tertiary/aromatic N) is 1. The summed E-state index contributed by atoms with van der Waals surface area (Å²) in [5.41, 5.74) is 0. The number of carbonyl (C=O) groups excluding carboxylic acids is 2. The molecule has 0 spiro atoms. The van der Waals surface area contributed by atoms with Crippen LogP contribution in [0.4, 0.5) is 5.00 Å². The minimum absolute atomic E-state index is 0.259. The summed E-state index contributed by atoms with van der Waals surface area (Å²) in [6, 6.07) is 3.66. The van der Waals surface area contributed by atoms with Crippen LogP contribution in [-0.2, 0) is 14.3 Å². The van der Waals surface area contributed by atoms with Crippen molar-refractivity contribution in [2.45, 2.75) is 13.8 Å². The standard InChI is InChI=1S/C11H13NO3S/c1-3-15-11(14)9(8(2)13)7-12-10-5-4-6-16-10/h4-7,9H,3H2,1-2H3. The van der Waals surface area contributed by atoms with Gasteiger partial charge in [-0.3, -0.25) is 9.59 Å². The SMILES string of the molecule is CCOC(=O)C(C=Nc1cccs1)C(C)=O. The molecule has 0 bridgehead atoms. The number of carbonyl (C=O) groups is 2. The zero-order valence-corrected chi connectivity index (χ0v) is 9.99. The highest BCUT2D eigenvalue weighted by atomic mass is 32.1. The van der Waals surface area contributed by atoms with E-state index in [1.807, 2.05) is 17.5 Å². The molecule has 1 atom stereocenters. The first kappa shape index (κ1) is 12.6. The first-order valence-corrected chi connectivity index (χ1v) is 5.78. The lowest BCUT2D eigenvalue weighted by Gasteiger charge is -2.06. The van der Waals surface area contributed by atoms with Crippen molar-refractivity contribution in [2.24, 2.45) is 10.9 Å². The van der Waals surface area contributed by atoms with Crippen LogP contribution in [0.25, 0.3) is 0 Å². The summed E-state index contributed by atoms with van der Waals surface area (Å²) in [4.78, 5) is 26.7. The van der Waals surface area contributed by atoms with E-state index in [1.54, 1.807) is 6.92 Å². The second-order valence-electron chi connectivity index (χ2n) is 3.07. The van der Waals surface area contributed by atoms with Crippen LogP contribution in [0.15, 0.2) is 22.5 Å². The average Bonchev–Trinajstić information content (AvgIpc) is 2.70. The molecule has 0 aliphatic carbocycles. The highest BCUT2D eigenvalue weighted by Gasteiger charge is 2.22. The molecular formula is C11H13NO3S. The van der Waals surface area contributed by atoms with Gasteiger partial charge in [-0.1, -0.05) is 0 Å². The van der Waals surface area contributed by atoms with E-state index in [4.69, 9.17) is 4.74 Å². The van der Waals surface area contributed by atoms with Crippen molar-refractivity contribution in [2.75, 3.05) is 6.61 Å². The van der Waals surface area contributed by atoms with Gasteiger partial charge in [0, 0.05) is 6.21 Å². The minimum atomic E-state index is -0.901. The van der Waals surface area contributed by atoms with E-state index in [9.17, 15) is 9.59 Å². The fourth-order valence-corrected chi connectivity index (χ4v) is 1.63. The number of ketones is 1. The van der Waals surface area contributed by atoms with E-state index in [-0.39, 0.29) is 12.4 Å². The van der Waals surface area contributed by atoms with Crippen molar-refractivity contribution in [1.29, 1.82) is 0 Å². The summed E-state index contributed by atoms with van der Waals surface area (Å²) in [6.45, 7) is 3.31. The molecule has 1 heterocycles. The molecule has 0 N–H and O–H groups in total. The van der Waals surface area contributed by atoms with Crippen molar-refractivity contribution >= 4 is 34.3 Å². The third kappa shape index (κ3) is 3.58. The molecule has 1 rings (SSSR count). The molecular weight excluding hydrogens is 226 g/mol. The van der Waals surface area contributed by atoms with Gasteiger partial charge in [0.1, 0.15) is 10.8 Å². The van der Waals surface area contributed by atoms with E-state index in [0.29, 0.717) is 0 Å². The number of hydrogen-bond acceptors (Lipinski definition) is 5. The van der Waals surface area contributed by atoms with Gasteiger partial charge in [-0.2, -0.15) is 0 Å². The maximum Gasteiger partial charge on any atom is 0.321 e. The van der Waals surface area contributed by atoms with Gasteiger partial charge >= 0.3 is 5.97 Å². The summed E-state index contributed by atoms with van der Waals surface area (Å²) >= 11 is 1.44. The normalized spacial score (nSPS) is 12.6. The van der Waals surface area contributed by atoms with Gasteiger partial charge in [-0.05, 0) is 31.4 Å². The molecule has 1 aromatic heterocycles. The largest absolute Gasteiger partial charge is 0.465 e. The number of hydrogen-bond donors (Lipinski definition) is 0. The summed E-state index contributed by atoms with van der Waals surface area (Å²) in [5.74, 6) is -1.71. The molecule has 0 aromatic carbocycles. The Morgan fingerprint density at radius 2 is 2.38 bits per heavy atom. The Labute approximate surface area is 98.0 Å². The van der Waals surface area contributed by atoms with Crippen molar-refractivity contribution in [3.8, 4) is 0 Å². The minimum Gasteiger partial charge on any atom is -0.465 e. The summed E-state index contributed by atoms with van der Waals surface area (Å²) in [5, 5.41) is 2.63. The zero-order chi connectivity index (χ0) is 12.0. The Kier molecular flexibility index (Phi) is 4.85. The smallest absolute Gasteiger partial charge is 0.321 e. The van der Waals surface area contributed by atoms with Gasteiger partial charge in [0.2, 0.25) is 0 Å². The molecule has 0 aliphatic heterocycles. The Morgan fingerprint density at radius 3 is 2.88 bits per heavy atom. The predicted molar refractivity (Wildman–Crippen MR) is 63.3 cm³/mol. The Hall–Kier alpha value is -1.49. The molecule has 0 aliphatic rings. The fraction of sp³-hybridized carbons (Fsp3) is 0.364. The molecule has 0 saturated carbocycles. The monoisotopic (exact) mass is 239 g/mol. The van der Waals surface area contributed by atoms with Gasteiger partial charge in [0.05, 0.1) is 6.61 Å². The van der Waals surface area contributed by atoms with Crippen molar-refractivity contribution in [3.05, 3.63) is 17.5 Å². The Balaban J connectivity index is 2.72. The molecule has 1 unspecified atom stereocenters. The molecule has 0 saturated heterocycles. The van der Waals surface area contributed by atoms with E-state index in [1.165, 1.54) is 24.5 Å². The lowest BCUT2D eigenvalue weighted by molar-refractivity contribution is -0.148. The second kappa shape index (κ2) is 6.17.